The van der Waals surface area contributed by atoms with Crippen LogP contribution in [-0.2, 0) is 4.74 Å². The minimum atomic E-state index is -0.187. The summed E-state index contributed by atoms with van der Waals surface area (Å²) in [6.07, 6.45) is -0.215. The van der Waals surface area contributed by atoms with Gasteiger partial charge in [-0.1, -0.05) is 54.1 Å². The van der Waals surface area contributed by atoms with Crippen molar-refractivity contribution in [1.29, 1.82) is 0 Å². The molecule has 0 amide bonds. The van der Waals surface area contributed by atoms with Crippen LogP contribution < -0.4 is 4.74 Å². The highest BCUT2D eigenvalue weighted by molar-refractivity contribution is 6.32. The highest BCUT2D eigenvalue weighted by Gasteiger charge is 2.32. The highest BCUT2D eigenvalue weighted by Crippen LogP contribution is 2.32. The van der Waals surface area contributed by atoms with Crippen molar-refractivity contribution in [3.63, 3.8) is 0 Å². The lowest BCUT2D eigenvalue weighted by Crippen LogP contribution is -2.48. The van der Waals surface area contributed by atoms with E-state index >= 15 is 0 Å². The zero-order valence-corrected chi connectivity index (χ0v) is 14.9. The minimum absolute atomic E-state index is 0.0279. The van der Waals surface area contributed by atoms with Gasteiger partial charge in [0.25, 0.3) is 0 Å². The maximum atomic E-state index is 6.32. The number of morpholine rings is 1. The molecule has 0 spiro atoms. The predicted octanol–water partition coefficient (Wildman–Crippen LogP) is 4.57. The van der Waals surface area contributed by atoms with Gasteiger partial charge >= 0.3 is 0 Å². The Hall–Kier alpha value is -1.55. The summed E-state index contributed by atoms with van der Waals surface area (Å²) in [5.74, 6) is 0.693. The lowest BCUT2D eigenvalue weighted by atomic mass is 10.0. The van der Waals surface area contributed by atoms with Crippen LogP contribution in [-0.4, -0.2) is 36.7 Å². The second-order valence-electron chi connectivity index (χ2n) is 6.38. The third-order valence-electron chi connectivity index (χ3n) is 4.41. The van der Waals surface area contributed by atoms with Gasteiger partial charge in [-0.15, -0.1) is 0 Å². The quantitative estimate of drug-likeness (QED) is 0.792. The Kier molecular flexibility index (Phi) is 5.77. The van der Waals surface area contributed by atoms with Crippen molar-refractivity contribution in [2.75, 3.05) is 19.7 Å². The SMILES string of the molecule is CC(C)N1CCOC(C(Oc2ccccc2Cl)c2ccccc2)C1. The van der Waals surface area contributed by atoms with Gasteiger partial charge in [-0.05, 0) is 31.5 Å². The molecule has 0 aliphatic carbocycles. The van der Waals surface area contributed by atoms with Crippen LogP contribution in [0.4, 0.5) is 0 Å². The molecule has 1 fully saturated rings. The van der Waals surface area contributed by atoms with Gasteiger partial charge in [0, 0.05) is 19.1 Å². The fourth-order valence-corrected chi connectivity index (χ4v) is 3.21. The first kappa shape index (κ1) is 17.3. The van der Waals surface area contributed by atoms with E-state index in [0.717, 1.165) is 25.3 Å². The van der Waals surface area contributed by atoms with Gasteiger partial charge < -0.3 is 9.47 Å². The van der Waals surface area contributed by atoms with Gasteiger partial charge in [-0.25, -0.2) is 0 Å². The van der Waals surface area contributed by atoms with E-state index in [1.165, 1.54) is 0 Å². The first-order chi connectivity index (χ1) is 11.6. The number of hydrogen-bond acceptors (Lipinski definition) is 3. The fourth-order valence-electron chi connectivity index (χ4n) is 3.03. The number of halogens is 1. The third-order valence-corrected chi connectivity index (χ3v) is 4.72. The molecule has 2 aromatic rings. The Morgan fingerprint density at radius 1 is 1.08 bits per heavy atom. The molecule has 1 aliphatic heterocycles. The predicted molar refractivity (Wildman–Crippen MR) is 97.7 cm³/mol. The molecule has 0 saturated carbocycles. The molecule has 2 aromatic carbocycles. The molecule has 24 heavy (non-hydrogen) atoms. The van der Waals surface area contributed by atoms with Crippen LogP contribution in [0.15, 0.2) is 54.6 Å². The van der Waals surface area contributed by atoms with Gasteiger partial charge in [0.15, 0.2) is 6.10 Å². The van der Waals surface area contributed by atoms with Crippen LogP contribution in [0, 0.1) is 0 Å². The van der Waals surface area contributed by atoms with E-state index in [-0.39, 0.29) is 12.2 Å². The second kappa shape index (κ2) is 8.02. The first-order valence-corrected chi connectivity index (χ1v) is 8.84. The van der Waals surface area contributed by atoms with Crippen molar-refractivity contribution < 1.29 is 9.47 Å². The third kappa shape index (κ3) is 4.10. The zero-order valence-electron chi connectivity index (χ0n) is 14.2. The van der Waals surface area contributed by atoms with Crippen molar-refractivity contribution in [1.82, 2.24) is 4.90 Å². The molecule has 4 heteroatoms. The first-order valence-electron chi connectivity index (χ1n) is 8.47. The average Bonchev–Trinajstić information content (AvgIpc) is 2.62. The fraction of sp³-hybridized carbons (Fsp3) is 0.400. The van der Waals surface area contributed by atoms with E-state index in [9.17, 15) is 0 Å². The number of hydrogen-bond donors (Lipinski definition) is 0. The molecule has 1 heterocycles. The Morgan fingerprint density at radius 3 is 2.50 bits per heavy atom. The number of nitrogens with zero attached hydrogens (tertiary/aromatic N) is 1. The summed E-state index contributed by atoms with van der Waals surface area (Å²) in [7, 11) is 0. The van der Waals surface area contributed by atoms with Crippen LogP contribution in [0.5, 0.6) is 5.75 Å². The maximum absolute atomic E-state index is 6.32. The lowest BCUT2D eigenvalue weighted by Gasteiger charge is -2.39. The van der Waals surface area contributed by atoms with Crippen molar-refractivity contribution in [2.45, 2.75) is 32.1 Å². The van der Waals surface area contributed by atoms with Gasteiger partial charge in [0.1, 0.15) is 11.9 Å². The van der Waals surface area contributed by atoms with Crippen LogP contribution in [0.2, 0.25) is 5.02 Å². The molecule has 0 bridgehead atoms. The molecule has 1 saturated heterocycles. The van der Waals surface area contributed by atoms with Gasteiger partial charge in [-0.2, -0.15) is 0 Å². The Labute approximate surface area is 149 Å². The van der Waals surface area contributed by atoms with E-state index in [4.69, 9.17) is 21.1 Å². The molecule has 3 rings (SSSR count). The van der Waals surface area contributed by atoms with Crippen LogP contribution in [0.25, 0.3) is 0 Å². The van der Waals surface area contributed by atoms with Gasteiger partial charge in [0.05, 0.1) is 11.6 Å². The monoisotopic (exact) mass is 345 g/mol. The normalized spacial score (nSPS) is 20.1. The second-order valence-corrected chi connectivity index (χ2v) is 6.78. The number of rotatable bonds is 5. The maximum Gasteiger partial charge on any atom is 0.151 e. The van der Waals surface area contributed by atoms with E-state index in [1.54, 1.807) is 0 Å². The van der Waals surface area contributed by atoms with Crippen LogP contribution in [0.1, 0.15) is 25.5 Å². The number of para-hydroxylation sites is 1. The number of benzene rings is 2. The molecular formula is C20H24ClNO2. The largest absolute Gasteiger partial charge is 0.481 e. The molecule has 0 radical (unpaired) electrons. The summed E-state index contributed by atoms with van der Waals surface area (Å²) in [5.41, 5.74) is 1.10. The van der Waals surface area contributed by atoms with Crippen LogP contribution in [0.3, 0.4) is 0 Å². The Balaban J connectivity index is 1.86. The highest BCUT2D eigenvalue weighted by atomic mass is 35.5. The van der Waals surface area contributed by atoms with E-state index in [0.29, 0.717) is 16.8 Å². The van der Waals surface area contributed by atoms with E-state index in [2.05, 4.69) is 30.9 Å². The molecular weight excluding hydrogens is 322 g/mol. The van der Waals surface area contributed by atoms with E-state index < -0.39 is 0 Å². The minimum Gasteiger partial charge on any atom is -0.481 e. The molecule has 3 nitrogen and oxygen atoms in total. The van der Waals surface area contributed by atoms with Crippen molar-refractivity contribution in [2.24, 2.45) is 0 Å². The smallest absolute Gasteiger partial charge is 0.151 e. The Morgan fingerprint density at radius 2 is 1.79 bits per heavy atom. The number of ether oxygens (including phenoxy) is 2. The molecule has 2 atom stereocenters. The molecule has 0 N–H and O–H groups in total. The van der Waals surface area contributed by atoms with Crippen LogP contribution >= 0.6 is 11.6 Å². The average molecular weight is 346 g/mol. The summed E-state index contributed by atoms with van der Waals surface area (Å²) in [6, 6.07) is 18.3. The summed E-state index contributed by atoms with van der Waals surface area (Å²) in [6.45, 7) is 6.96. The molecule has 128 valence electrons. The van der Waals surface area contributed by atoms with Crippen molar-refractivity contribution in [3.05, 3.63) is 65.2 Å². The van der Waals surface area contributed by atoms with Gasteiger partial charge in [0.2, 0.25) is 0 Å². The summed E-state index contributed by atoms with van der Waals surface area (Å²) >= 11 is 6.30. The van der Waals surface area contributed by atoms with Crippen molar-refractivity contribution in [3.8, 4) is 5.75 Å². The molecule has 1 aliphatic rings. The summed E-state index contributed by atoms with van der Waals surface area (Å²) in [4.78, 5) is 2.43. The molecule has 0 aromatic heterocycles. The summed E-state index contributed by atoms with van der Waals surface area (Å²) in [5, 5.41) is 0.620. The zero-order chi connectivity index (χ0) is 16.9. The van der Waals surface area contributed by atoms with Crippen molar-refractivity contribution >= 4 is 11.6 Å². The molecule has 2 unspecified atom stereocenters. The Bertz CT molecular complexity index is 647. The summed E-state index contributed by atoms with van der Waals surface area (Å²) < 4.78 is 12.4. The topological polar surface area (TPSA) is 21.7 Å². The lowest BCUT2D eigenvalue weighted by molar-refractivity contribution is -0.0885. The van der Waals surface area contributed by atoms with E-state index in [1.807, 2.05) is 42.5 Å². The van der Waals surface area contributed by atoms with Gasteiger partial charge in [-0.3, -0.25) is 4.90 Å². The standard InChI is InChI=1S/C20H24ClNO2/c1-15(2)22-12-13-23-19(14-22)20(16-8-4-3-5-9-16)24-18-11-7-6-10-17(18)21/h3-11,15,19-20H,12-14H2,1-2H3.